The Labute approximate surface area is 249 Å². The summed E-state index contributed by atoms with van der Waals surface area (Å²) in [6.07, 6.45) is 2.13. The molecule has 2 aromatic rings. The van der Waals surface area contributed by atoms with Crippen molar-refractivity contribution < 1.29 is 27.1 Å². The van der Waals surface area contributed by atoms with Crippen LogP contribution in [0.25, 0.3) is 0 Å². The SMILES string of the molecule is CC(C)c1nc2c(c3c1[C@@H](c1ccc(C(F)(F)F)cc1)OC31CCOCC1)[C@@H](O[Si-](C)(C)C(C)(C)C)CC1(CCC1)C2. The first kappa shape index (κ1) is 30.3. The van der Waals surface area contributed by atoms with E-state index in [-0.39, 0.29) is 22.5 Å². The number of hydrogen-bond acceptors (Lipinski definition) is 4. The number of rotatable bonds is 4. The van der Waals surface area contributed by atoms with E-state index in [0.29, 0.717) is 26.1 Å². The molecule has 0 unspecified atom stereocenters. The molecule has 6 rings (SSSR count). The monoisotopic (exact) mass is 601 g/mol. The molecule has 1 saturated heterocycles. The molecule has 1 saturated carbocycles. The fourth-order valence-electron chi connectivity index (χ4n) is 7.47. The predicted octanol–water partition coefficient (Wildman–Crippen LogP) is 9.53. The van der Waals surface area contributed by atoms with Gasteiger partial charge in [-0.2, -0.15) is 13.2 Å². The highest BCUT2D eigenvalue weighted by Crippen LogP contribution is 2.61. The summed E-state index contributed by atoms with van der Waals surface area (Å²) in [6.45, 7) is 17.0. The van der Waals surface area contributed by atoms with Crippen LogP contribution in [-0.4, -0.2) is 26.5 Å². The maximum atomic E-state index is 13.5. The summed E-state index contributed by atoms with van der Waals surface area (Å²) in [6, 6.07) is 5.54. The fourth-order valence-corrected chi connectivity index (χ4v) is 8.73. The first-order valence-corrected chi connectivity index (χ1v) is 18.6. The van der Waals surface area contributed by atoms with E-state index in [1.54, 1.807) is 12.1 Å². The second kappa shape index (κ2) is 10.1. The van der Waals surface area contributed by atoms with Crippen LogP contribution in [0.1, 0.15) is 130 Å². The molecule has 8 heteroatoms. The minimum absolute atomic E-state index is 0.0570. The van der Waals surface area contributed by atoms with E-state index in [0.717, 1.165) is 35.4 Å². The Morgan fingerprint density at radius 1 is 0.976 bits per heavy atom. The minimum Gasteiger partial charge on any atom is -0.559 e. The van der Waals surface area contributed by atoms with Crippen molar-refractivity contribution in [1.82, 2.24) is 4.98 Å². The van der Waals surface area contributed by atoms with Crippen LogP contribution in [0.4, 0.5) is 13.2 Å². The van der Waals surface area contributed by atoms with Gasteiger partial charge >= 0.3 is 6.18 Å². The molecule has 4 nitrogen and oxygen atoms in total. The molecule has 3 heterocycles. The first-order chi connectivity index (χ1) is 19.6. The highest BCUT2D eigenvalue weighted by Gasteiger charge is 2.54. The molecule has 0 N–H and O–H groups in total. The van der Waals surface area contributed by atoms with Gasteiger partial charge in [-0.25, -0.2) is 0 Å². The van der Waals surface area contributed by atoms with E-state index in [1.165, 1.54) is 42.5 Å². The van der Waals surface area contributed by atoms with Crippen molar-refractivity contribution in [2.24, 2.45) is 5.41 Å². The van der Waals surface area contributed by atoms with Gasteiger partial charge < -0.3 is 13.9 Å². The van der Waals surface area contributed by atoms with E-state index < -0.39 is 31.8 Å². The normalized spacial score (nSPS) is 25.0. The Morgan fingerprint density at radius 2 is 1.62 bits per heavy atom. The van der Waals surface area contributed by atoms with Crippen LogP contribution in [0.15, 0.2) is 24.3 Å². The summed E-state index contributed by atoms with van der Waals surface area (Å²) in [5.41, 5.74) is 5.42. The maximum Gasteiger partial charge on any atom is 0.416 e. The lowest BCUT2D eigenvalue weighted by Gasteiger charge is -2.56. The van der Waals surface area contributed by atoms with Crippen molar-refractivity contribution >= 4 is 8.32 Å². The number of hydrogen-bond donors (Lipinski definition) is 0. The van der Waals surface area contributed by atoms with Gasteiger partial charge in [-0.15, -0.1) is 18.1 Å². The average molecular weight is 602 g/mol. The van der Waals surface area contributed by atoms with Gasteiger partial charge in [-0.3, -0.25) is 4.98 Å². The van der Waals surface area contributed by atoms with Crippen molar-refractivity contribution in [3.05, 3.63) is 63.5 Å². The molecule has 0 amide bonds. The summed E-state index contributed by atoms with van der Waals surface area (Å²) < 4.78 is 60.7. The van der Waals surface area contributed by atoms with Crippen LogP contribution in [-0.2, 0) is 32.1 Å². The first-order valence-electron chi connectivity index (χ1n) is 15.7. The summed E-state index contributed by atoms with van der Waals surface area (Å²) in [4.78, 5) is 5.46. The van der Waals surface area contributed by atoms with Gasteiger partial charge in [0.2, 0.25) is 0 Å². The highest BCUT2D eigenvalue weighted by molar-refractivity contribution is 6.74. The Kier molecular flexibility index (Phi) is 7.32. The third-order valence-corrected chi connectivity index (χ3v) is 15.5. The molecule has 42 heavy (non-hydrogen) atoms. The molecule has 4 aliphatic rings. The molecular weight excluding hydrogens is 555 g/mol. The Morgan fingerprint density at radius 3 is 2.14 bits per heavy atom. The van der Waals surface area contributed by atoms with Crippen LogP contribution in [0, 0.1) is 5.41 Å². The van der Waals surface area contributed by atoms with Crippen molar-refractivity contribution in [2.45, 2.75) is 128 Å². The van der Waals surface area contributed by atoms with Gasteiger partial charge in [-0.1, -0.05) is 53.2 Å². The van der Waals surface area contributed by atoms with Gasteiger partial charge in [0.1, 0.15) is 6.10 Å². The highest BCUT2D eigenvalue weighted by atomic mass is 28.4. The van der Waals surface area contributed by atoms with Crippen LogP contribution < -0.4 is 0 Å². The zero-order chi connectivity index (χ0) is 30.3. The van der Waals surface area contributed by atoms with Crippen LogP contribution in [0.2, 0.25) is 18.1 Å². The van der Waals surface area contributed by atoms with Crippen LogP contribution >= 0.6 is 0 Å². The molecule has 1 aromatic carbocycles. The summed E-state index contributed by atoms with van der Waals surface area (Å²) in [5, 5.41) is 0.0570. The number of pyridine rings is 1. The molecule has 2 aliphatic carbocycles. The van der Waals surface area contributed by atoms with Gasteiger partial charge in [0.05, 0.1) is 11.2 Å². The van der Waals surface area contributed by atoms with Gasteiger partial charge in [0.15, 0.2) is 0 Å². The minimum atomic E-state index is -4.38. The number of alkyl halides is 3. The van der Waals surface area contributed by atoms with Gasteiger partial charge in [-0.05, 0) is 68.6 Å². The number of fused-ring (bicyclic) bond motifs is 4. The van der Waals surface area contributed by atoms with E-state index in [1.807, 2.05) is 0 Å². The Balaban J connectivity index is 1.58. The van der Waals surface area contributed by atoms with Crippen LogP contribution in [0.5, 0.6) is 0 Å². The molecule has 0 bridgehead atoms. The number of nitrogens with zero attached hydrogens (tertiary/aromatic N) is 1. The zero-order valence-electron chi connectivity index (χ0n) is 26.2. The van der Waals surface area contributed by atoms with E-state index in [2.05, 4.69) is 47.7 Å². The largest absolute Gasteiger partial charge is 0.559 e. The quantitative estimate of drug-likeness (QED) is 0.327. The molecule has 2 atom stereocenters. The number of benzene rings is 1. The Hall–Kier alpha value is -1.74. The molecule has 2 aliphatic heterocycles. The lowest BCUT2D eigenvalue weighted by molar-refractivity contribution is -0.137. The van der Waals surface area contributed by atoms with Crippen molar-refractivity contribution in [2.75, 3.05) is 13.2 Å². The number of ether oxygens (including phenoxy) is 2. The molecule has 2 fully saturated rings. The van der Waals surface area contributed by atoms with Gasteiger partial charge in [0, 0.05) is 54.7 Å². The second-order valence-electron chi connectivity index (χ2n) is 15.1. The topological polar surface area (TPSA) is 40.6 Å². The number of aromatic nitrogens is 1. The maximum absolute atomic E-state index is 13.5. The van der Waals surface area contributed by atoms with Crippen molar-refractivity contribution in [1.29, 1.82) is 0 Å². The molecule has 231 valence electrons. The Bertz CT molecular complexity index is 1340. The summed E-state index contributed by atoms with van der Waals surface area (Å²) in [7, 11) is -2.15. The van der Waals surface area contributed by atoms with E-state index in [9.17, 15) is 13.2 Å². The lowest BCUT2D eigenvalue weighted by Crippen LogP contribution is -2.47. The van der Waals surface area contributed by atoms with Crippen molar-refractivity contribution in [3.63, 3.8) is 0 Å². The molecular formula is C34H46F3NO3Si-. The predicted molar refractivity (Wildman–Crippen MR) is 160 cm³/mol. The zero-order valence-corrected chi connectivity index (χ0v) is 27.2. The molecule has 0 radical (unpaired) electrons. The lowest BCUT2D eigenvalue weighted by atomic mass is 9.58. The fraction of sp³-hybridized carbons (Fsp3) is 0.676. The summed E-state index contributed by atoms with van der Waals surface area (Å²) in [5.74, 6) is 0.138. The van der Waals surface area contributed by atoms with Crippen molar-refractivity contribution in [3.8, 4) is 0 Å². The van der Waals surface area contributed by atoms with Gasteiger partial charge in [0.25, 0.3) is 0 Å². The standard InChI is InChI=1S/C34H46F3NO3Si/c1-21(2)29-27-28(26-24(38-29)19-32(13-8-14-32)20-25(26)41-42(6,7)31(3,4)5)33(15-17-39-18-16-33)40-30(27)22-9-11-23(12-10-22)34(35,36)37/h9-12,21,25,30H,8,13-20H2,1-7H3/q-1/t25-,30+/m0/s1. The molecule has 2 spiro atoms. The smallest absolute Gasteiger partial charge is 0.416 e. The second-order valence-corrected chi connectivity index (χ2v) is 19.9. The van der Waals surface area contributed by atoms with E-state index >= 15 is 0 Å². The average Bonchev–Trinajstić information content (AvgIpc) is 3.20. The third-order valence-electron chi connectivity index (χ3n) is 11.0. The van der Waals surface area contributed by atoms with E-state index in [4.69, 9.17) is 18.9 Å². The number of halogens is 3. The summed E-state index contributed by atoms with van der Waals surface area (Å²) >= 11 is 0. The third kappa shape index (κ3) is 4.98. The molecule has 1 aromatic heterocycles. The van der Waals surface area contributed by atoms with Crippen LogP contribution in [0.3, 0.4) is 0 Å².